The number of pyridine rings is 1. The maximum absolute atomic E-state index is 5.81. The van der Waals surface area contributed by atoms with Gasteiger partial charge in [0, 0.05) is 24.2 Å². The fourth-order valence-electron chi connectivity index (χ4n) is 2.35. The Morgan fingerprint density at radius 3 is 2.35 bits per heavy atom. The Kier molecular flexibility index (Phi) is 5.22. The Morgan fingerprint density at radius 2 is 1.70 bits per heavy atom. The van der Waals surface area contributed by atoms with Crippen molar-refractivity contribution in [2.24, 2.45) is 0 Å². The highest BCUT2D eigenvalue weighted by molar-refractivity contribution is 5.83. The first-order valence-electron chi connectivity index (χ1n) is 7.65. The summed E-state index contributed by atoms with van der Waals surface area (Å²) in [7, 11) is 0. The van der Waals surface area contributed by atoms with Crippen LogP contribution in [-0.2, 0) is 0 Å². The largest absolute Gasteiger partial charge is 0.399 e. The third-order valence-electron chi connectivity index (χ3n) is 3.59. The monoisotopic (exact) mass is 271 g/mol. The van der Waals surface area contributed by atoms with Crippen LogP contribution in [0.25, 0.3) is 10.9 Å². The molecule has 0 unspecified atom stereocenters. The topological polar surface area (TPSA) is 42.1 Å². The molecule has 0 amide bonds. The quantitative estimate of drug-likeness (QED) is 0.766. The van der Waals surface area contributed by atoms with E-state index in [0.717, 1.165) is 35.5 Å². The zero-order valence-corrected chi connectivity index (χ0v) is 12.6. The normalized spacial score (nSPS) is 10.9. The van der Waals surface area contributed by atoms with Gasteiger partial charge in [0.1, 0.15) is 5.82 Å². The van der Waals surface area contributed by atoms with Crippen LogP contribution >= 0.6 is 0 Å². The van der Waals surface area contributed by atoms with Gasteiger partial charge in [0.25, 0.3) is 0 Å². The van der Waals surface area contributed by atoms with Gasteiger partial charge in [-0.2, -0.15) is 0 Å². The van der Waals surface area contributed by atoms with Gasteiger partial charge in [-0.25, -0.2) is 4.98 Å². The average Bonchev–Trinajstić information content (AvgIpc) is 2.47. The van der Waals surface area contributed by atoms with Crippen molar-refractivity contribution in [2.45, 2.75) is 39.5 Å². The first kappa shape index (κ1) is 14.6. The third-order valence-corrected chi connectivity index (χ3v) is 3.59. The lowest BCUT2D eigenvalue weighted by atomic mass is 10.2. The van der Waals surface area contributed by atoms with Crippen molar-refractivity contribution in [3.05, 3.63) is 30.3 Å². The molecule has 0 atom stereocenters. The molecular formula is C17H25N3. The Bertz CT molecular complexity index is 543. The minimum absolute atomic E-state index is 0.792. The molecule has 0 saturated carbocycles. The number of anilines is 2. The highest BCUT2D eigenvalue weighted by Gasteiger charge is 2.08. The first-order chi connectivity index (χ1) is 9.74. The van der Waals surface area contributed by atoms with Crippen LogP contribution < -0.4 is 10.6 Å². The molecule has 20 heavy (non-hydrogen) atoms. The molecule has 0 aliphatic carbocycles. The summed E-state index contributed by atoms with van der Waals surface area (Å²) in [5, 5.41) is 1.11. The number of nitrogen functional groups attached to an aromatic ring is 1. The maximum atomic E-state index is 5.81. The number of benzene rings is 1. The summed E-state index contributed by atoms with van der Waals surface area (Å²) in [6.45, 7) is 6.64. The molecule has 0 bridgehead atoms. The minimum Gasteiger partial charge on any atom is -0.399 e. The van der Waals surface area contributed by atoms with Crippen molar-refractivity contribution in [1.29, 1.82) is 0 Å². The summed E-state index contributed by atoms with van der Waals surface area (Å²) < 4.78 is 0. The molecule has 1 heterocycles. The highest BCUT2D eigenvalue weighted by Crippen LogP contribution is 2.21. The molecule has 2 aromatic rings. The van der Waals surface area contributed by atoms with E-state index < -0.39 is 0 Å². The maximum Gasteiger partial charge on any atom is 0.129 e. The summed E-state index contributed by atoms with van der Waals surface area (Å²) in [5.74, 6) is 1.09. The van der Waals surface area contributed by atoms with E-state index in [4.69, 9.17) is 10.7 Å². The second kappa shape index (κ2) is 7.13. The fourth-order valence-corrected chi connectivity index (χ4v) is 2.35. The predicted molar refractivity (Wildman–Crippen MR) is 88.2 cm³/mol. The number of unbranched alkanes of at least 4 members (excludes halogenated alkanes) is 2. The molecular weight excluding hydrogens is 246 g/mol. The van der Waals surface area contributed by atoms with E-state index in [-0.39, 0.29) is 0 Å². The van der Waals surface area contributed by atoms with Gasteiger partial charge < -0.3 is 10.6 Å². The second-order valence-corrected chi connectivity index (χ2v) is 5.32. The van der Waals surface area contributed by atoms with E-state index in [2.05, 4.69) is 30.9 Å². The predicted octanol–water partition coefficient (Wildman–Crippen LogP) is 4.22. The highest BCUT2D eigenvalue weighted by atomic mass is 15.2. The molecule has 1 aromatic carbocycles. The van der Waals surface area contributed by atoms with Gasteiger partial charge in [0.05, 0.1) is 5.52 Å². The SMILES string of the molecule is CCCCN(CCCC)c1ccc2cc(N)ccc2n1. The fraction of sp³-hybridized carbons (Fsp3) is 0.471. The van der Waals surface area contributed by atoms with Crippen molar-refractivity contribution in [3.8, 4) is 0 Å². The van der Waals surface area contributed by atoms with Gasteiger partial charge in [0.2, 0.25) is 0 Å². The molecule has 0 saturated heterocycles. The van der Waals surface area contributed by atoms with E-state index >= 15 is 0 Å². The first-order valence-corrected chi connectivity index (χ1v) is 7.65. The Morgan fingerprint density at radius 1 is 1.00 bits per heavy atom. The molecule has 1 aromatic heterocycles. The molecule has 3 heteroatoms. The molecule has 0 aliphatic heterocycles. The Hall–Kier alpha value is -1.77. The van der Waals surface area contributed by atoms with Crippen LogP contribution in [0.15, 0.2) is 30.3 Å². The van der Waals surface area contributed by atoms with Crippen LogP contribution in [0, 0.1) is 0 Å². The van der Waals surface area contributed by atoms with E-state index in [1.165, 1.54) is 25.7 Å². The van der Waals surface area contributed by atoms with Crippen molar-refractivity contribution < 1.29 is 0 Å². The molecule has 0 fully saturated rings. The lowest BCUT2D eigenvalue weighted by molar-refractivity contribution is 0.672. The van der Waals surface area contributed by atoms with Gasteiger partial charge in [-0.3, -0.25) is 0 Å². The van der Waals surface area contributed by atoms with E-state index in [1.54, 1.807) is 0 Å². The summed E-state index contributed by atoms with van der Waals surface area (Å²) in [6, 6.07) is 10.1. The summed E-state index contributed by atoms with van der Waals surface area (Å²) in [5.41, 5.74) is 7.63. The number of rotatable bonds is 7. The number of aromatic nitrogens is 1. The van der Waals surface area contributed by atoms with Crippen molar-refractivity contribution in [3.63, 3.8) is 0 Å². The van der Waals surface area contributed by atoms with Crippen LogP contribution in [0.4, 0.5) is 11.5 Å². The average molecular weight is 271 g/mol. The van der Waals surface area contributed by atoms with Gasteiger partial charge in [-0.15, -0.1) is 0 Å². The van der Waals surface area contributed by atoms with Crippen LogP contribution in [0.5, 0.6) is 0 Å². The molecule has 2 rings (SSSR count). The van der Waals surface area contributed by atoms with Gasteiger partial charge >= 0.3 is 0 Å². The summed E-state index contributed by atoms with van der Waals surface area (Å²) in [4.78, 5) is 7.20. The lowest BCUT2D eigenvalue weighted by Gasteiger charge is -2.23. The number of fused-ring (bicyclic) bond motifs is 1. The second-order valence-electron chi connectivity index (χ2n) is 5.32. The number of hydrogen-bond donors (Lipinski definition) is 1. The molecule has 0 aliphatic rings. The molecule has 3 nitrogen and oxygen atoms in total. The van der Waals surface area contributed by atoms with Crippen LogP contribution in [0.2, 0.25) is 0 Å². The summed E-state index contributed by atoms with van der Waals surface area (Å²) in [6.07, 6.45) is 4.86. The van der Waals surface area contributed by atoms with E-state index in [1.807, 2.05) is 18.2 Å². The molecule has 0 radical (unpaired) electrons. The standard InChI is InChI=1S/C17H25N3/c1-3-5-11-20(12-6-4-2)17-10-7-14-13-15(18)8-9-16(14)19-17/h7-10,13H,3-6,11-12,18H2,1-2H3. The van der Waals surface area contributed by atoms with E-state index in [0.29, 0.717) is 0 Å². The molecule has 108 valence electrons. The van der Waals surface area contributed by atoms with Crippen LogP contribution in [-0.4, -0.2) is 18.1 Å². The lowest BCUT2D eigenvalue weighted by Crippen LogP contribution is -2.26. The number of hydrogen-bond acceptors (Lipinski definition) is 3. The van der Waals surface area contributed by atoms with Crippen molar-refractivity contribution in [2.75, 3.05) is 23.7 Å². The summed E-state index contributed by atoms with van der Waals surface area (Å²) >= 11 is 0. The van der Waals surface area contributed by atoms with Gasteiger partial charge in [0.15, 0.2) is 0 Å². The Balaban J connectivity index is 2.24. The van der Waals surface area contributed by atoms with Crippen LogP contribution in [0.1, 0.15) is 39.5 Å². The molecule has 2 N–H and O–H groups in total. The van der Waals surface area contributed by atoms with Crippen LogP contribution in [0.3, 0.4) is 0 Å². The zero-order chi connectivity index (χ0) is 14.4. The minimum atomic E-state index is 0.792. The number of nitrogens with two attached hydrogens (primary N) is 1. The zero-order valence-electron chi connectivity index (χ0n) is 12.6. The van der Waals surface area contributed by atoms with Crippen molar-refractivity contribution >= 4 is 22.4 Å². The van der Waals surface area contributed by atoms with Crippen molar-refractivity contribution in [1.82, 2.24) is 4.98 Å². The molecule has 0 spiro atoms. The Labute approximate surface area is 121 Å². The van der Waals surface area contributed by atoms with Gasteiger partial charge in [-0.05, 0) is 43.2 Å². The third kappa shape index (κ3) is 3.62. The number of nitrogens with zero attached hydrogens (tertiary/aromatic N) is 2. The smallest absolute Gasteiger partial charge is 0.129 e. The van der Waals surface area contributed by atoms with Gasteiger partial charge in [-0.1, -0.05) is 26.7 Å². The van der Waals surface area contributed by atoms with E-state index in [9.17, 15) is 0 Å².